The number of carbonyl (C=O) groups is 1. The molecule has 26 heavy (non-hydrogen) atoms. The van der Waals surface area contributed by atoms with Gasteiger partial charge >= 0.3 is 0 Å². The molecule has 1 aliphatic rings. The molecule has 1 N–H and O–H groups in total. The Kier molecular flexibility index (Phi) is 7.06. The van der Waals surface area contributed by atoms with E-state index in [2.05, 4.69) is 14.9 Å². The number of carbonyl (C=O) groups excluding carboxylic acids is 1. The molecule has 1 aliphatic heterocycles. The molecule has 0 saturated carbocycles. The fourth-order valence-electron chi connectivity index (χ4n) is 2.33. The Bertz CT molecular complexity index is 684. The maximum Gasteiger partial charge on any atom is 0.142 e. The number of nitrogens with one attached hydrogen (secondary N) is 1. The van der Waals surface area contributed by atoms with Crippen LogP contribution in [0.2, 0.25) is 0 Å². The largest absolute Gasteiger partial charge is 0.494 e. The summed E-state index contributed by atoms with van der Waals surface area (Å²) in [4.78, 5) is 19.5. The van der Waals surface area contributed by atoms with Crippen LogP contribution in [0.1, 0.15) is 39.8 Å². The lowest BCUT2D eigenvalue weighted by molar-refractivity contribution is -0.114. The van der Waals surface area contributed by atoms with Crippen molar-refractivity contribution in [2.75, 3.05) is 24.7 Å². The summed E-state index contributed by atoms with van der Waals surface area (Å²) < 4.78 is 11.2. The van der Waals surface area contributed by atoms with Crippen molar-refractivity contribution in [2.24, 2.45) is 5.41 Å². The van der Waals surface area contributed by atoms with Crippen LogP contribution in [-0.4, -0.2) is 36.0 Å². The van der Waals surface area contributed by atoms with E-state index >= 15 is 0 Å². The van der Waals surface area contributed by atoms with Gasteiger partial charge < -0.3 is 24.2 Å². The van der Waals surface area contributed by atoms with E-state index < -0.39 is 0 Å². The first-order valence-corrected chi connectivity index (χ1v) is 9.07. The standard InChI is InChI=1S/C14H17N3O2.C6H12O/c1-2-18-12-3-4-14-13(7-12)17(5-6-19-14)9-11-8-15-10-16-11;1-4-6(2,3)5-7/h3-4,7-8,10H,2,5-6,9H2,1H3,(H,15,16);5H,4H2,1-3H3. The highest BCUT2D eigenvalue weighted by atomic mass is 16.5. The van der Waals surface area contributed by atoms with E-state index in [-0.39, 0.29) is 5.41 Å². The van der Waals surface area contributed by atoms with E-state index in [1.54, 1.807) is 6.33 Å². The number of aromatic nitrogens is 2. The molecule has 0 saturated heterocycles. The first kappa shape index (κ1) is 19.8. The quantitative estimate of drug-likeness (QED) is 0.794. The van der Waals surface area contributed by atoms with Gasteiger partial charge in [-0.05, 0) is 25.5 Å². The Morgan fingerprint density at radius 2 is 2.19 bits per heavy atom. The molecule has 3 rings (SSSR count). The number of hydrogen-bond acceptors (Lipinski definition) is 5. The molecule has 6 nitrogen and oxygen atoms in total. The number of H-pyrrole nitrogens is 1. The third-order valence-corrected chi connectivity index (χ3v) is 4.35. The molecule has 0 unspecified atom stereocenters. The van der Waals surface area contributed by atoms with Crippen molar-refractivity contribution in [3.63, 3.8) is 0 Å². The Morgan fingerprint density at radius 3 is 2.77 bits per heavy atom. The highest BCUT2D eigenvalue weighted by Gasteiger charge is 2.19. The van der Waals surface area contributed by atoms with Gasteiger partial charge in [-0.2, -0.15) is 0 Å². The number of aldehydes is 1. The molecule has 2 aromatic rings. The van der Waals surface area contributed by atoms with Crippen LogP contribution in [0.4, 0.5) is 5.69 Å². The summed E-state index contributed by atoms with van der Waals surface area (Å²) >= 11 is 0. The van der Waals surface area contributed by atoms with Gasteiger partial charge in [0.1, 0.15) is 24.4 Å². The van der Waals surface area contributed by atoms with E-state index in [0.717, 1.165) is 48.7 Å². The van der Waals surface area contributed by atoms with E-state index in [9.17, 15) is 4.79 Å². The number of fused-ring (bicyclic) bond motifs is 1. The second kappa shape index (κ2) is 9.27. The zero-order chi connectivity index (χ0) is 19.0. The van der Waals surface area contributed by atoms with Crippen molar-refractivity contribution >= 4 is 12.0 Å². The SMILES string of the molecule is CCC(C)(C)C=O.CCOc1ccc2c(c1)N(Cc1cnc[nH]1)CCO2. The van der Waals surface area contributed by atoms with Crippen molar-refractivity contribution in [1.29, 1.82) is 0 Å². The Hall–Kier alpha value is -2.50. The number of hydrogen-bond donors (Lipinski definition) is 1. The van der Waals surface area contributed by atoms with Crippen LogP contribution in [0, 0.1) is 5.41 Å². The monoisotopic (exact) mass is 359 g/mol. The lowest BCUT2D eigenvalue weighted by Gasteiger charge is -2.31. The van der Waals surface area contributed by atoms with E-state index in [1.807, 2.05) is 52.1 Å². The van der Waals surface area contributed by atoms with Gasteiger partial charge in [-0.1, -0.05) is 20.8 Å². The average molecular weight is 359 g/mol. The average Bonchev–Trinajstić information content (AvgIpc) is 3.16. The zero-order valence-electron chi connectivity index (χ0n) is 16.1. The molecular weight excluding hydrogens is 330 g/mol. The summed E-state index contributed by atoms with van der Waals surface area (Å²) in [5.41, 5.74) is 2.07. The summed E-state index contributed by atoms with van der Waals surface area (Å²) in [6, 6.07) is 5.95. The van der Waals surface area contributed by atoms with Gasteiger partial charge in [0.25, 0.3) is 0 Å². The van der Waals surface area contributed by atoms with Crippen molar-refractivity contribution in [3.8, 4) is 11.5 Å². The summed E-state index contributed by atoms with van der Waals surface area (Å²) in [7, 11) is 0. The number of nitrogens with zero attached hydrogens (tertiary/aromatic N) is 2. The van der Waals surface area contributed by atoms with E-state index in [4.69, 9.17) is 9.47 Å². The number of aromatic amines is 1. The molecule has 0 fully saturated rings. The normalized spacial score (nSPS) is 13.2. The van der Waals surface area contributed by atoms with Gasteiger partial charge in [-0.25, -0.2) is 4.98 Å². The molecule has 2 heterocycles. The topological polar surface area (TPSA) is 67.5 Å². The predicted octanol–water partition coefficient (Wildman–Crippen LogP) is 3.83. The van der Waals surface area contributed by atoms with Gasteiger partial charge in [-0.15, -0.1) is 0 Å². The van der Waals surface area contributed by atoms with Crippen LogP contribution < -0.4 is 14.4 Å². The lowest BCUT2D eigenvalue weighted by Crippen LogP contribution is -2.32. The minimum atomic E-state index is -0.0972. The second-order valence-electron chi connectivity index (χ2n) is 6.87. The summed E-state index contributed by atoms with van der Waals surface area (Å²) in [5, 5.41) is 0. The third kappa shape index (κ3) is 5.51. The van der Waals surface area contributed by atoms with Gasteiger partial charge in [0.15, 0.2) is 0 Å². The zero-order valence-corrected chi connectivity index (χ0v) is 16.1. The molecule has 0 atom stereocenters. The molecule has 0 amide bonds. The Labute approximate surface area is 155 Å². The molecule has 0 aliphatic carbocycles. The number of imidazole rings is 1. The molecule has 1 aromatic heterocycles. The number of rotatable bonds is 6. The van der Waals surface area contributed by atoms with Crippen LogP contribution in [0.15, 0.2) is 30.7 Å². The third-order valence-electron chi connectivity index (χ3n) is 4.35. The van der Waals surface area contributed by atoms with Crippen molar-refractivity contribution in [1.82, 2.24) is 9.97 Å². The van der Waals surface area contributed by atoms with Crippen LogP contribution >= 0.6 is 0 Å². The Morgan fingerprint density at radius 1 is 1.38 bits per heavy atom. The minimum absolute atomic E-state index is 0.0972. The summed E-state index contributed by atoms with van der Waals surface area (Å²) in [6.07, 6.45) is 5.47. The maximum absolute atomic E-state index is 10.1. The van der Waals surface area contributed by atoms with Crippen molar-refractivity contribution in [2.45, 2.75) is 40.7 Å². The first-order valence-electron chi connectivity index (χ1n) is 9.07. The predicted molar refractivity (Wildman–Crippen MR) is 103 cm³/mol. The van der Waals surface area contributed by atoms with Crippen molar-refractivity contribution in [3.05, 3.63) is 36.4 Å². The molecular formula is C20H29N3O3. The van der Waals surface area contributed by atoms with Crippen LogP contribution in [-0.2, 0) is 11.3 Å². The molecule has 142 valence electrons. The summed E-state index contributed by atoms with van der Waals surface area (Å²) in [5.74, 6) is 1.79. The first-order chi connectivity index (χ1) is 12.5. The summed E-state index contributed by atoms with van der Waals surface area (Å²) in [6.45, 7) is 10.9. The fraction of sp³-hybridized carbons (Fsp3) is 0.500. The molecule has 0 bridgehead atoms. The van der Waals surface area contributed by atoms with Crippen LogP contribution in [0.5, 0.6) is 11.5 Å². The second-order valence-corrected chi connectivity index (χ2v) is 6.87. The fourth-order valence-corrected chi connectivity index (χ4v) is 2.33. The molecule has 0 spiro atoms. The molecule has 6 heteroatoms. The lowest BCUT2D eigenvalue weighted by atomic mass is 9.93. The minimum Gasteiger partial charge on any atom is -0.494 e. The van der Waals surface area contributed by atoms with Crippen LogP contribution in [0.3, 0.4) is 0 Å². The van der Waals surface area contributed by atoms with E-state index in [1.165, 1.54) is 0 Å². The van der Waals surface area contributed by atoms with Crippen molar-refractivity contribution < 1.29 is 14.3 Å². The van der Waals surface area contributed by atoms with Crippen LogP contribution in [0.25, 0.3) is 0 Å². The van der Waals surface area contributed by atoms with Gasteiger partial charge in [0.2, 0.25) is 0 Å². The molecule has 0 radical (unpaired) electrons. The Balaban J connectivity index is 0.000000298. The number of benzene rings is 1. The smallest absolute Gasteiger partial charge is 0.142 e. The maximum atomic E-state index is 10.1. The van der Waals surface area contributed by atoms with Gasteiger partial charge in [0.05, 0.1) is 37.4 Å². The van der Waals surface area contributed by atoms with Gasteiger partial charge in [-0.3, -0.25) is 0 Å². The highest BCUT2D eigenvalue weighted by Crippen LogP contribution is 2.35. The highest BCUT2D eigenvalue weighted by molar-refractivity contribution is 5.62. The van der Waals surface area contributed by atoms with Gasteiger partial charge in [0, 0.05) is 17.7 Å². The number of ether oxygens (including phenoxy) is 2. The molecule has 1 aromatic carbocycles. The number of anilines is 1. The van der Waals surface area contributed by atoms with E-state index in [0.29, 0.717) is 13.2 Å².